The van der Waals surface area contributed by atoms with Gasteiger partial charge in [0.05, 0.1) is 7.11 Å². The Bertz CT molecular complexity index is 490. The molecule has 0 fully saturated rings. The second-order valence-corrected chi connectivity index (χ2v) is 4.93. The summed E-state index contributed by atoms with van der Waals surface area (Å²) in [6.07, 6.45) is 0.963. The van der Waals surface area contributed by atoms with Gasteiger partial charge in [0.1, 0.15) is 5.75 Å². The third-order valence-electron chi connectivity index (χ3n) is 3.48. The molecule has 0 amide bonds. The minimum absolute atomic E-state index is 0.119. The van der Waals surface area contributed by atoms with Crippen molar-refractivity contribution < 1.29 is 4.74 Å². The van der Waals surface area contributed by atoms with Gasteiger partial charge in [-0.05, 0) is 36.6 Å². The Morgan fingerprint density at radius 2 is 1.63 bits per heavy atom. The van der Waals surface area contributed by atoms with Crippen LogP contribution < -0.4 is 10.5 Å². The quantitative estimate of drug-likeness (QED) is 0.889. The third-order valence-corrected chi connectivity index (χ3v) is 3.48. The fraction of sp³-hybridized carbons (Fsp3) is 0.294. The number of benzene rings is 2. The van der Waals surface area contributed by atoms with Crippen LogP contribution in [-0.4, -0.2) is 13.2 Å². The molecular formula is C17H21NO. The summed E-state index contributed by atoms with van der Waals surface area (Å²) in [5, 5.41) is 0. The van der Waals surface area contributed by atoms with E-state index in [4.69, 9.17) is 10.5 Å². The zero-order chi connectivity index (χ0) is 13.7. The van der Waals surface area contributed by atoms with Gasteiger partial charge < -0.3 is 10.5 Å². The van der Waals surface area contributed by atoms with Crippen molar-refractivity contribution in [2.24, 2.45) is 5.73 Å². The van der Waals surface area contributed by atoms with E-state index in [2.05, 4.69) is 43.3 Å². The van der Waals surface area contributed by atoms with Crippen molar-refractivity contribution in [3.8, 4) is 5.75 Å². The van der Waals surface area contributed by atoms with Crippen LogP contribution in [0.4, 0.5) is 0 Å². The maximum atomic E-state index is 6.16. The monoisotopic (exact) mass is 255 g/mol. The van der Waals surface area contributed by atoms with Gasteiger partial charge >= 0.3 is 0 Å². The molecule has 0 aliphatic heterocycles. The van der Waals surface area contributed by atoms with E-state index in [1.54, 1.807) is 7.11 Å². The van der Waals surface area contributed by atoms with E-state index >= 15 is 0 Å². The molecule has 2 aromatic rings. The first-order chi connectivity index (χ1) is 9.20. The summed E-state index contributed by atoms with van der Waals surface area (Å²) in [5.74, 6) is 1.21. The SMILES string of the molecule is COc1ccc(C(Cc2ccccc2)[C@@H](C)N)cc1. The van der Waals surface area contributed by atoms with Crippen LogP contribution in [0.2, 0.25) is 0 Å². The topological polar surface area (TPSA) is 35.2 Å². The van der Waals surface area contributed by atoms with E-state index in [1.165, 1.54) is 11.1 Å². The van der Waals surface area contributed by atoms with Crippen LogP contribution in [0.5, 0.6) is 5.75 Å². The number of rotatable bonds is 5. The fourth-order valence-electron chi connectivity index (χ4n) is 2.33. The lowest BCUT2D eigenvalue weighted by Gasteiger charge is -2.21. The first-order valence-corrected chi connectivity index (χ1v) is 6.64. The first kappa shape index (κ1) is 13.6. The molecule has 2 nitrogen and oxygen atoms in total. The van der Waals surface area contributed by atoms with Crippen molar-refractivity contribution in [1.29, 1.82) is 0 Å². The molecule has 0 saturated carbocycles. The summed E-state index contributed by atoms with van der Waals surface area (Å²) in [7, 11) is 1.68. The summed E-state index contributed by atoms with van der Waals surface area (Å²) in [6.45, 7) is 2.07. The van der Waals surface area contributed by atoms with E-state index in [1.807, 2.05) is 18.2 Å². The Morgan fingerprint density at radius 3 is 2.16 bits per heavy atom. The predicted octanol–water partition coefficient (Wildman–Crippen LogP) is 3.37. The summed E-state index contributed by atoms with van der Waals surface area (Å²) < 4.78 is 5.20. The lowest BCUT2D eigenvalue weighted by molar-refractivity contribution is 0.414. The van der Waals surface area contributed by atoms with Crippen LogP contribution in [0, 0.1) is 0 Å². The van der Waals surface area contributed by atoms with Gasteiger partial charge in [-0.2, -0.15) is 0 Å². The van der Waals surface area contributed by atoms with E-state index in [9.17, 15) is 0 Å². The van der Waals surface area contributed by atoms with Crippen LogP contribution in [-0.2, 0) is 6.42 Å². The number of nitrogens with two attached hydrogens (primary N) is 1. The molecule has 2 atom stereocenters. The van der Waals surface area contributed by atoms with Gasteiger partial charge in [0.25, 0.3) is 0 Å². The van der Waals surface area contributed by atoms with Crippen LogP contribution in [0.1, 0.15) is 24.0 Å². The van der Waals surface area contributed by atoms with E-state index < -0.39 is 0 Å². The highest BCUT2D eigenvalue weighted by Gasteiger charge is 2.16. The van der Waals surface area contributed by atoms with E-state index in [-0.39, 0.29) is 6.04 Å². The molecule has 0 radical (unpaired) electrons. The second kappa shape index (κ2) is 6.39. The minimum Gasteiger partial charge on any atom is -0.497 e. The van der Waals surface area contributed by atoms with Crippen molar-refractivity contribution in [1.82, 2.24) is 0 Å². The Morgan fingerprint density at radius 1 is 1.00 bits per heavy atom. The molecule has 0 aromatic heterocycles. The highest BCUT2D eigenvalue weighted by Crippen LogP contribution is 2.25. The van der Waals surface area contributed by atoms with Crippen LogP contribution in [0.15, 0.2) is 54.6 Å². The lowest BCUT2D eigenvalue weighted by atomic mass is 9.87. The van der Waals surface area contributed by atoms with E-state index in [0.717, 1.165) is 12.2 Å². The summed E-state index contributed by atoms with van der Waals surface area (Å²) in [6, 6.07) is 18.8. The van der Waals surface area contributed by atoms with Crippen LogP contribution in [0.3, 0.4) is 0 Å². The molecule has 0 saturated heterocycles. The molecule has 0 bridgehead atoms. The molecule has 0 heterocycles. The summed E-state index contributed by atoms with van der Waals surface area (Å²) >= 11 is 0. The largest absolute Gasteiger partial charge is 0.497 e. The average Bonchev–Trinajstić information content (AvgIpc) is 2.46. The number of methoxy groups -OCH3 is 1. The second-order valence-electron chi connectivity index (χ2n) is 4.93. The molecule has 2 rings (SSSR count). The van der Waals surface area contributed by atoms with Crippen molar-refractivity contribution in [3.05, 3.63) is 65.7 Å². The molecule has 2 aromatic carbocycles. The first-order valence-electron chi connectivity index (χ1n) is 6.64. The van der Waals surface area contributed by atoms with Gasteiger partial charge in [0.2, 0.25) is 0 Å². The highest BCUT2D eigenvalue weighted by atomic mass is 16.5. The average molecular weight is 255 g/mol. The van der Waals surface area contributed by atoms with Gasteiger partial charge in [-0.25, -0.2) is 0 Å². The molecule has 0 spiro atoms. The molecule has 100 valence electrons. The van der Waals surface area contributed by atoms with Crippen LogP contribution >= 0.6 is 0 Å². The van der Waals surface area contributed by atoms with Crippen LogP contribution in [0.25, 0.3) is 0 Å². The molecular weight excluding hydrogens is 234 g/mol. The van der Waals surface area contributed by atoms with Crippen molar-refractivity contribution in [2.45, 2.75) is 25.3 Å². The van der Waals surface area contributed by atoms with Gasteiger partial charge in [-0.15, -0.1) is 0 Å². The standard InChI is InChI=1S/C17H21NO/c1-13(18)17(12-14-6-4-3-5-7-14)15-8-10-16(19-2)11-9-15/h3-11,13,17H,12,18H2,1-2H3/t13-,17?/m1/s1. The maximum absolute atomic E-state index is 6.16. The normalized spacial score (nSPS) is 13.8. The summed E-state index contributed by atoms with van der Waals surface area (Å²) in [5.41, 5.74) is 8.74. The lowest BCUT2D eigenvalue weighted by Crippen LogP contribution is -2.26. The Hall–Kier alpha value is -1.80. The van der Waals surface area contributed by atoms with Gasteiger partial charge in [-0.1, -0.05) is 42.5 Å². The molecule has 19 heavy (non-hydrogen) atoms. The van der Waals surface area contributed by atoms with E-state index in [0.29, 0.717) is 5.92 Å². The maximum Gasteiger partial charge on any atom is 0.118 e. The number of hydrogen-bond donors (Lipinski definition) is 1. The fourth-order valence-corrected chi connectivity index (χ4v) is 2.33. The Labute approximate surface area is 115 Å². The molecule has 2 heteroatoms. The molecule has 2 N–H and O–H groups in total. The summed E-state index contributed by atoms with van der Waals surface area (Å²) in [4.78, 5) is 0. The van der Waals surface area contributed by atoms with Gasteiger partial charge in [0, 0.05) is 12.0 Å². The van der Waals surface area contributed by atoms with Gasteiger partial charge in [0.15, 0.2) is 0 Å². The smallest absolute Gasteiger partial charge is 0.118 e. The Balaban J connectivity index is 2.19. The molecule has 0 aliphatic rings. The Kier molecular flexibility index (Phi) is 4.58. The van der Waals surface area contributed by atoms with Crippen molar-refractivity contribution in [3.63, 3.8) is 0 Å². The molecule has 1 unspecified atom stereocenters. The van der Waals surface area contributed by atoms with Gasteiger partial charge in [-0.3, -0.25) is 0 Å². The zero-order valence-corrected chi connectivity index (χ0v) is 11.5. The predicted molar refractivity (Wildman–Crippen MR) is 79.5 cm³/mol. The third kappa shape index (κ3) is 3.58. The highest BCUT2D eigenvalue weighted by molar-refractivity contribution is 5.31. The minimum atomic E-state index is 0.119. The van der Waals surface area contributed by atoms with Crippen molar-refractivity contribution in [2.75, 3.05) is 7.11 Å². The molecule has 0 aliphatic carbocycles. The number of hydrogen-bond acceptors (Lipinski definition) is 2. The van der Waals surface area contributed by atoms with Crippen molar-refractivity contribution >= 4 is 0 Å². The zero-order valence-electron chi connectivity index (χ0n) is 11.5. The number of ether oxygens (including phenoxy) is 1.